The van der Waals surface area contributed by atoms with Gasteiger partial charge in [-0.05, 0) is 40.5 Å². The number of alkyl halides is 1. The van der Waals surface area contributed by atoms with Crippen molar-refractivity contribution in [1.82, 2.24) is 4.90 Å². The van der Waals surface area contributed by atoms with Gasteiger partial charge in [-0.1, -0.05) is 15.9 Å². The van der Waals surface area contributed by atoms with Crippen LogP contribution in [0.4, 0.5) is 0 Å². The standard InChI is InChI=1S/C12H15Br2NO2/c1-15(7-3-6-13)12(16)9-4-5-11(17-2)10(14)8-9/h4-5,8H,3,6-7H2,1-2H3. The fourth-order valence-electron chi connectivity index (χ4n) is 1.42. The van der Waals surface area contributed by atoms with Gasteiger partial charge in [-0.15, -0.1) is 0 Å². The molecule has 1 amide bonds. The maximum absolute atomic E-state index is 12.1. The minimum Gasteiger partial charge on any atom is -0.496 e. The van der Waals surface area contributed by atoms with Crippen molar-refractivity contribution < 1.29 is 9.53 Å². The van der Waals surface area contributed by atoms with Gasteiger partial charge in [0, 0.05) is 24.5 Å². The molecule has 0 spiro atoms. The monoisotopic (exact) mass is 363 g/mol. The lowest BCUT2D eigenvalue weighted by Gasteiger charge is -2.17. The van der Waals surface area contributed by atoms with Crippen LogP contribution in [0.3, 0.4) is 0 Å². The number of hydrogen-bond acceptors (Lipinski definition) is 2. The van der Waals surface area contributed by atoms with Gasteiger partial charge in [0.05, 0.1) is 11.6 Å². The summed E-state index contributed by atoms with van der Waals surface area (Å²) in [6, 6.07) is 5.35. The van der Waals surface area contributed by atoms with Crippen LogP contribution in [-0.4, -0.2) is 36.8 Å². The molecule has 1 aromatic carbocycles. The summed E-state index contributed by atoms with van der Waals surface area (Å²) >= 11 is 6.73. The summed E-state index contributed by atoms with van der Waals surface area (Å²) in [4.78, 5) is 13.8. The van der Waals surface area contributed by atoms with Crippen molar-refractivity contribution in [3.05, 3.63) is 28.2 Å². The van der Waals surface area contributed by atoms with Crippen LogP contribution in [0.25, 0.3) is 0 Å². The van der Waals surface area contributed by atoms with Gasteiger partial charge in [-0.25, -0.2) is 0 Å². The smallest absolute Gasteiger partial charge is 0.253 e. The fourth-order valence-corrected chi connectivity index (χ4v) is 2.21. The molecule has 0 atom stereocenters. The van der Waals surface area contributed by atoms with Gasteiger partial charge < -0.3 is 9.64 Å². The van der Waals surface area contributed by atoms with Crippen LogP contribution in [0.2, 0.25) is 0 Å². The highest BCUT2D eigenvalue weighted by Crippen LogP contribution is 2.25. The Labute approximate surface area is 118 Å². The molecule has 17 heavy (non-hydrogen) atoms. The lowest BCUT2D eigenvalue weighted by molar-refractivity contribution is 0.0795. The second-order valence-electron chi connectivity index (χ2n) is 3.62. The molecule has 0 saturated carbocycles. The maximum Gasteiger partial charge on any atom is 0.253 e. The van der Waals surface area contributed by atoms with Gasteiger partial charge in [0.1, 0.15) is 5.75 Å². The van der Waals surface area contributed by atoms with Crippen LogP contribution >= 0.6 is 31.9 Å². The van der Waals surface area contributed by atoms with Gasteiger partial charge in [0.15, 0.2) is 0 Å². The Balaban J connectivity index is 2.78. The summed E-state index contributed by atoms with van der Waals surface area (Å²) in [6.45, 7) is 0.744. The Bertz CT molecular complexity index is 396. The minimum atomic E-state index is 0.0225. The van der Waals surface area contributed by atoms with Gasteiger partial charge in [-0.2, -0.15) is 0 Å². The number of methoxy groups -OCH3 is 1. The van der Waals surface area contributed by atoms with E-state index in [4.69, 9.17) is 4.74 Å². The molecule has 3 nitrogen and oxygen atoms in total. The molecule has 0 radical (unpaired) electrons. The molecule has 0 aromatic heterocycles. The molecule has 0 aliphatic rings. The predicted molar refractivity (Wildman–Crippen MR) is 76.1 cm³/mol. The average Bonchev–Trinajstić information content (AvgIpc) is 2.34. The van der Waals surface area contributed by atoms with Gasteiger partial charge >= 0.3 is 0 Å². The number of nitrogens with zero attached hydrogens (tertiary/aromatic N) is 1. The minimum absolute atomic E-state index is 0.0225. The molecular formula is C12H15Br2NO2. The third kappa shape index (κ3) is 4.00. The molecule has 0 heterocycles. The van der Waals surface area contributed by atoms with Crippen LogP contribution in [0.5, 0.6) is 5.75 Å². The van der Waals surface area contributed by atoms with E-state index in [1.807, 2.05) is 7.05 Å². The average molecular weight is 365 g/mol. The summed E-state index contributed by atoms with van der Waals surface area (Å²) in [7, 11) is 3.41. The van der Waals surface area contributed by atoms with Gasteiger partial charge in [-0.3, -0.25) is 4.79 Å². The number of hydrogen-bond donors (Lipinski definition) is 0. The number of amides is 1. The van der Waals surface area contributed by atoms with Crippen molar-refractivity contribution in [2.24, 2.45) is 0 Å². The number of benzene rings is 1. The first-order valence-electron chi connectivity index (χ1n) is 5.25. The van der Waals surface area contributed by atoms with E-state index in [0.717, 1.165) is 28.5 Å². The Kier molecular flexibility index (Phi) is 5.98. The molecule has 0 saturated heterocycles. The Morgan fingerprint density at radius 2 is 2.18 bits per heavy atom. The van der Waals surface area contributed by atoms with Gasteiger partial charge in [0.25, 0.3) is 5.91 Å². The fraction of sp³-hybridized carbons (Fsp3) is 0.417. The van der Waals surface area contributed by atoms with Crippen LogP contribution in [0, 0.1) is 0 Å². The van der Waals surface area contributed by atoms with E-state index in [2.05, 4.69) is 31.9 Å². The van der Waals surface area contributed by atoms with E-state index in [1.165, 1.54) is 0 Å². The molecule has 0 bridgehead atoms. The zero-order valence-electron chi connectivity index (χ0n) is 9.87. The lowest BCUT2D eigenvalue weighted by atomic mass is 10.2. The number of rotatable bonds is 5. The second kappa shape index (κ2) is 7.01. The van der Waals surface area contributed by atoms with Crippen LogP contribution in [0.15, 0.2) is 22.7 Å². The molecule has 0 aliphatic heterocycles. The van der Waals surface area contributed by atoms with Crippen molar-refractivity contribution in [3.8, 4) is 5.75 Å². The molecule has 94 valence electrons. The van der Waals surface area contributed by atoms with Crippen LogP contribution in [0.1, 0.15) is 16.8 Å². The highest BCUT2D eigenvalue weighted by Gasteiger charge is 2.12. The molecule has 0 N–H and O–H groups in total. The van der Waals surface area contributed by atoms with Crippen molar-refractivity contribution in [1.29, 1.82) is 0 Å². The predicted octanol–water partition coefficient (Wildman–Crippen LogP) is 3.31. The summed E-state index contributed by atoms with van der Waals surface area (Å²) in [6.07, 6.45) is 0.944. The largest absolute Gasteiger partial charge is 0.496 e. The van der Waals surface area contributed by atoms with Gasteiger partial charge in [0.2, 0.25) is 0 Å². The SMILES string of the molecule is COc1ccc(C(=O)N(C)CCCBr)cc1Br. The number of halogens is 2. The summed E-state index contributed by atoms with van der Waals surface area (Å²) in [5.41, 5.74) is 0.662. The zero-order chi connectivity index (χ0) is 12.8. The summed E-state index contributed by atoms with van der Waals surface area (Å²) in [5.74, 6) is 0.749. The topological polar surface area (TPSA) is 29.5 Å². The lowest BCUT2D eigenvalue weighted by Crippen LogP contribution is -2.27. The quantitative estimate of drug-likeness (QED) is 0.750. The first-order valence-corrected chi connectivity index (χ1v) is 7.16. The van der Waals surface area contributed by atoms with Crippen molar-refractivity contribution in [2.45, 2.75) is 6.42 Å². The maximum atomic E-state index is 12.1. The molecule has 0 unspecified atom stereocenters. The molecular weight excluding hydrogens is 350 g/mol. The number of carbonyl (C=O) groups excluding carboxylic acids is 1. The zero-order valence-corrected chi connectivity index (χ0v) is 13.0. The van der Waals surface area contributed by atoms with E-state index < -0.39 is 0 Å². The highest BCUT2D eigenvalue weighted by atomic mass is 79.9. The van der Waals surface area contributed by atoms with E-state index in [9.17, 15) is 4.79 Å². The first-order chi connectivity index (χ1) is 8.10. The Hall–Kier alpha value is -0.550. The summed E-state index contributed by atoms with van der Waals surface area (Å²) < 4.78 is 5.92. The van der Waals surface area contributed by atoms with E-state index >= 15 is 0 Å². The van der Waals surface area contributed by atoms with Crippen LogP contribution < -0.4 is 4.74 Å². The molecule has 0 aliphatic carbocycles. The number of ether oxygens (including phenoxy) is 1. The normalized spacial score (nSPS) is 10.1. The second-order valence-corrected chi connectivity index (χ2v) is 5.27. The Morgan fingerprint density at radius 3 is 2.71 bits per heavy atom. The third-order valence-electron chi connectivity index (χ3n) is 2.37. The first kappa shape index (κ1) is 14.5. The highest BCUT2D eigenvalue weighted by molar-refractivity contribution is 9.10. The molecule has 5 heteroatoms. The van der Waals surface area contributed by atoms with E-state index in [-0.39, 0.29) is 5.91 Å². The van der Waals surface area contributed by atoms with Crippen LogP contribution in [-0.2, 0) is 0 Å². The molecule has 1 aromatic rings. The third-order valence-corrected chi connectivity index (χ3v) is 3.55. The van der Waals surface area contributed by atoms with Crippen molar-refractivity contribution >= 4 is 37.8 Å². The molecule has 0 fully saturated rings. The van der Waals surface area contributed by atoms with Crippen molar-refractivity contribution in [2.75, 3.05) is 26.0 Å². The summed E-state index contributed by atoms with van der Waals surface area (Å²) in [5, 5.41) is 0.900. The molecule has 1 rings (SSSR count). The van der Waals surface area contributed by atoms with E-state index in [1.54, 1.807) is 30.2 Å². The Morgan fingerprint density at radius 1 is 1.47 bits per heavy atom. The van der Waals surface area contributed by atoms with Crippen molar-refractivity contribution in [3.63, 3.8) is 0 Å². The number of carbonyl (C=O) groups is 1. The van der Waals surface area contributed by atoms with E-state index in [0.29, 0.717) is 5.56 Å².